The summed E-state index contributed by atoms with van der Waals surface area (Å²) in [4.78, 5) is 0.341. The Labute approximate surface area is 135 Å². The molecule has 0 aliphatic heterocycles. The van der Waals surface area contributed by atoms with Gasteiger partial charge in [-0.3, -0.25) is 0 Å². The molecule has 3 rings (SSSR count). The van der Waals surface area contributed by atoms with Crippen molar-refractivity contribution in [3.63, 3.8) is 0 Å². The molecule has 0 radical (unpaired) electrons. The molecule has 1 aromatic heterocycles. The highest BCUT2D eigenvalue weighted by Gasteiger charge is 2.38. The third-order valence-electron chi connectivity index (χ3n) is 3.85. The number of rotatable bonds is 6. The Morgan fingerprint density at radius 1 is 1.32 bits per heavy atom. The fourth-order valence-electron chi connectivity index (χ4n) is 2.48. The molecule has 0 unspecified atom stereocenters. The van der Waals surface area contributed by atoms with E-state index in [4.69, 9.17) is 4.74 Å². The predicted molar refractivity (Wildman–Crippen MR) is 87.8 cm³/mol. The molecule has 0 atom stereocenters. The van der Waals surface area contributed by atoms with Crippen molar-refractivity contribution in [2.24, 2.45) is 0 Å². The molecule has 1 saturated carbocycles. The Balaban J connectivity index is 1.93. The van der Waals surface area contributed by atoms with Gasteiger partial charge in [-0.05, 0) is 65.9 Å². The van der Waals surface area contributed by atoms with Crippen molar-refractivity contribution in [1.29, 1.82) is 0 Å². The number of sulfonamides is 1. The van der Waals surface area contributed by atoms with Crippen LogP contribution in [0.15, 0.2) is 39.9 Å². The van der Waals surface area contributed by atoms with E-state index in [2.05, 4.69) is 0 Å². The second-order valence-corrected chi connectivity index (χ2v) is 8.22. The third-order valence-corrected chi connectivity index (χ3v) is 6.47. The van der Waals surface area contributed by atoms with Gasteiger partial charge in [0, 0.05) is 12.6 Å². The van der Waals surface area contributed by atoms with Crippen LogP contribution in [-0.2, 0) is 16.6 Å². The highest BCUT2D eigenvalue weighted by Crippen LogP contribution is 2.34. The minimum Gasteiger partial charge on any atom is -0.496 e. The highest BCUT2D eigenvalue weighted by molar-refractivity contribution is 7.89. The van der Waals surface area contributed by atoms with E-state index < -0.39 is 10.0 Å². The first-order valence-electron chi connectivity index (χ1n) is 7.20. The molecule has 1 aromatic carbocycles. The van der Waals surface area contributed by atoms with Crippen LogP contribution in [0.2, 0.25) is 0 Å². The molecule has 0 N–H and O–H groups in total. The molecular weight excluding hydrogens is 318 g/mol. The third kappa shape index (κ3) is 3.04. The minimum atomic E-state index is -3.48. The van der Waals surface area contributed by atoms with Gasteiger partial charge in [-0.1, -0.05) is 0 Å². The van der Waals surface area contributed by atoms with Crippen LogP contribution in [0.3, 0.4) is 0 Å². The van der Waals surface area contributed by atoms with Crippen LogP contribution in [-0.4, -0.2) is 25.9 Å². The Morgan fingerprint density at radius 2 is 2.09 bits per heavy atom. The molecular formula is C16H19NO3S2. The number of ether oxygens (including phenoxy) is 1. The lowest BCUT2D eigenvalue weighted by Gasteiger charge is -2.22. The van der Waals surface area contributed by atoms with Gasteiger partial charge in [-0.25, -0.2) is 8.42 Å². The first-order valence-corrected chi connectivity index (χ1v) is 9.58. The quantitative estimate of drug-likeness (QED) is 0.811. The van der Waals surface area contributed by atoms with Gasteiger partial charge in [0.15, 0.2) is 0 Å². The average Bonchev–Trinajstić information content (AvgIpc) is 3.20. The molecule has 118 valence electrons. The van der Waals surface area contributed by atoms with Crippen molar-refractivity contribution in [3.8, 4) is 5.75 Å². The van der Waals surface area contributed by atoms with E-state index >= 15 is 0 Å². The zero-order chi connectivity index (χ0) is 15.7. The van der Waals surface area contributed by atoms with E-state index in [0.29, 0.717) is 17.2 Å². The van der Waals surface area contributed by atoms with E-state index in [1.165, 1.54) is 0 Å². The zero-order valence-corrected chi connectivity index (χ0v) is 14.3. The van der Waals surface area contributed by atoms with Crippen LogP contribution in [0.1, 0.15) is 24.0 Å². The van der Waals surface area contributed by atoms with Crippen LogP contribution in [0.4, 0.5) is 0 Å². The average molecular weight is 337 g/mol. The van der Waals surface area contributed by atoms with Crippen LogP contribution < -0.4 is 4.74 Å². The number of methoxy groups -OCH3 is 1. The molecule has 1 heterocycles. The fourth-order valence-corrected chi connectivity index (χ4v) is 4.90. The number of hydrogen-bond acceptors (Lipinski definition) is 4. The van der Waals surface area contributed by atoms with Gasteiger partial charge in [0.05, 0.1) is 12.0 Å². The van der Waals surface area contributed by atoms with Crippen molar-refractivity contribution in [2.75, 3.05) is 7.11 Å². The maximum Gasteiger partial charge on any atom is 0.243 e. The highest BCUT2D eigenvalue weighted by atomic mass is 32.2. The molecule has 1 fully saturated rings. The Bertz CT molecular complexity index is 750. The lowest BCUT2D eigenvalue weighted by molar-refractivity contribution is 0.398. The summed E-state index contributed by atoms with van der Waals surface area (Å²) < 4.78 is 32.8. The van der Waals surface area contributed by atoms with Gasteiger partial charge < -0.3 is 4.74 Å². The maximum atomic E-state index is 13.0. The first-order chi connectivity index (χ1) is 10.5. The maximum absolute atomic E-state index is 13.0. The predicted octanol–water partition coefficient (Wildman–Crippen LogP) is 3.42. The smallest absolute Gasteiger partial charge is 0.243 e. The molecule has 4 nitrogen and oxygen atoms in total. The number of hydrogen-bond donors (Lipinski definition) is 0. The van der Waals surface area contributed by atoms with E-state index in [9.17, 15) is 8.42 Å². The standard InChI is InChI=1S/C16H19NO3S2/c1-12-9-15(5-6-16(12)20-2)22(18,19)17(14-3-4-14)10-13-7-8-21-11-13/h5-9,11,14H,3-4,10H2,1-2H3. The molecule has 0 spiro atoms. The van der Waals surface area contributed by atoms with Gasteiger partial charge in [-0.2, -0.15) is 15.6 Å². The van der Waals surface area contributed by atoms with E-state index in [1.54, 1.807) is 41.0 Å². The molecule has 6 heteroatoms. The van der Waals surface area contributed by atoms with Gasteiger partial charge in [0.2, 0.25) is 10.0 Å². The molecule has 0 saturated heterocycles. The summed E-state index contributed by atoms with van der Waals surface area (Å²) in [6.07, 6.45) is 1.89. The lowest BCUT2D eigenvalue weighted by Crippen LogP contribution is -2.32. The van der Waals surface area contributed by atoms with Crippen molar-refractivity contribution >= 4 is 21.4 Å². The van der Waals surface area contributed by atoms with E-state index in [1.807, 2.05) is 23.8 Å². The first kappa shape index (κ1) is 15.5. The Morgan fingerprint density at radius 3 is 2.64 bits per heavy atom. The zero-order valence-electron chi connectivity index (χ0n) is 12.7. The Kier molecular flexibility index (Phi) is 4.25. The summed E-state index contributed by atoms with van der Waals surface area (Å²) >= 11 is 1.59. The summed E-state index contributed by atoms with van der Waals surface area (Å²) in [5, 5.41) is 3.98. The lowest BCUT2D eigenvalue weighted by atomic mass is 10.2. The summed E-state index contributed by atoms with van der Waals surface area (Å²) in [6, 6.07) is 7.15. The van der Waals surface area contributed by atoms with Crippen LogP contribution >= 0.6 is 11.3 Å². The van der Waals surface area contributed by atoms with Gasteiger partial charge in [0.25, 0.3) is 0 Å². The van der Waals surface area contributed by atoms with Gasteiger partial charge in [0.1, 0.15) is 5.75 Å². The number of nitrogens with zero attached hydrogens (tertiary/aromatic N) is 1. The van der Waals surface area contributed by atoms with Crippen molar-refractivity contribution in [2.45, 2.75) is 37.2 Å². The topological polar surface area (TPSA) is 46.6 Å². The molecule has 22 heavy (non-hydrogen) atoms. The van der Waals surface area contributed by atoms with E-state index in [-0.39, 0.29) is 6.04 Å². The number of benzene rings is 1. The molecule has 0 bridgehead atoms. The second kappa shape index (κ2) is 6.02. The van der Waals surface area contributed by atoms with E-state index in [0.717, 1.165) is 24.0 Å². The monoisotopic (exact) mass is 337 g/mol. The van der Waals surface area contributed by atoms with Gasteiger partial charge in [-0.15, -0.1) is 0 Å². The van der Waals surface area contributed by atoms with Crippen LogP contribution in [0.5, 0.6) is 5.75 Å². The van der Waals surface area contributed by atoms with Gasteiger partial charge >= 0.3 is 0 Å². The fraction of sp³-hybridized carbons (Fsp3) is 0.375. The summed E-state index contributed by atoms with van der Waals surface area (Å²) in [5.41, 5.74) is 1.88. The summed E-state index contributed by atoms with van der Waals surface area (Å²) in [5.74, 6) is 0.703. The molecule has 0 amide bonds. The second-order valence-electron chi connectivity index (χ2n) is 5.54. The van der Waals surface area contributed by atoms with Crippen molar-refractivity contribution < 1.29 is 13.2 Å². The summed E-state index contributed by atoms with van der Waals surface area (Å²) in [7, 11) is -1.89. The largest absolute Gasteiger partial charge is 0.496 e. The minimum absolute atomic E-state index is 0.132. The summed E-state index contributed by atoms with van der Waals surface area (Å²) in [6.45, 7) is 2.31. The number of aryl methyl sites for hydroxylation is 1. The van der Waals surface area contributed by atoms with Crippen LogP contribution in [0, 0.1) is 6.92 Å². The molecule has 2 aromatic rings. The van der Waals surface area contributed by atoms with Crippen molar-refractivity contribution in [1.82, 2.24) is 4.31 Å². The molecule has 1 aliphatic rings. The Hall–Kier alpha value is -1.37. The van der Waals surface area contributed by atoms with Crippen molar-refractivity contribution in [3.05, 3.63) is 46.2 Å². The SMILES string of the molecule is COc1ccc(S(=O)(=O)N(Cc2ccsc2)C2CC2)cc1C. The normalized spacial score (nSPS) is 15.2. The number of thiophene rings is 1. The van der Waals surface area contributed by atoms with Crippen LogP contribution in [0.25, 0.3) is 0 Å². The molecule has 1 aliphatic carbocycles.